The average molecular weight is 408 g/mol. The van der Waals surface area contributed by atoms with Crippen LogP contribution in [0, 0.1) is 17.0 Å². The van der Waals surface area contributed by atoms with Gasteiger partial charge in [0.2, 0.25) is 0 Å². The molecule has 0 unspecified atom stereocenters. The summed E-state index contributed by atoms with van der Waals surface area (Å²) in [5.41, 5.74) is 0.0303. The van der Waals surface area contributed by atoms with E-state index < -0.39 is 27.5 Å². The smallest absolute Gasteiger partial charge is 0.324 e. The van der Waals surface area contributed by atoms with Crippen molar-refractivity contribution in [1.29, 1.82) is 0 Å². The van der Waals surface area contributed by atoms with E-state index in [9.17, 15) is 28.4 Å². The van der Waals surface area contributed by atoms with Crippen molar-refractivity contribution < 1.29 is 28.0 Å². The maximum absolute atomic E-state index is 13.0. The zero-order valence-electron chi connectivity index (χ0n) is 15.5. The van der Waals surface area contributed by atoms with Gasteiger partial charge in [-0.2, -0.15) is 0 Å². The Morgan fingerprint density at radius 3 is 2.32 bits per heavy atom. The third kappa shape index (κ3) is 4.77. The van der Waals surface area contributed by atoms with Crippen molar-refractivity contribution in [1.82, 2.24) is 0 Å². The number of sulfonamides is 1. The number of carbonyl (C=O) groups is 1. The predicted octanol–water partition coefficient (Wildman–Crippen LogP) is 2.97. The summed E-state index contributed by atoms with van der Waals surface area (Å²) in [5.74, 6) is -0.870. The molecule has 0 saturated carbocycles. The van der Waals surface area contributed by atoms with Crippen LogP contribution in [0.15, 0.2) is 47.4 Å². The molecule has 0 bridgehead atoms. The fraction of sp³-hybridized carbons (Fsp3) is 0.278. The molecule has 0 aliphatic carbocycles. The lowest BCUT2D eigenvalue weighted by Crippen LogP contribution is -2.35. The summed E-state index contributed by atoms with van der Waals surface area (Å²) in [5, 5.41) is 20.3. The van der Waals surface area contributed by atoms with Gasteiger partial charge in [-0.05, 0) is 51.1 Å². The first kappa shape index (κ1) is 21.2. The molecular formula is C18H20N2O7S. The van der Waals surface area contributed by atoms with Gasteiger partial charge in [0.15, 0.2) is 0 Å². The zero-order chi connectivity index (χ0) is 21.1. The van der Waals surface area contributed by atoms with Gasteiger partial charge in [0.05, 0.1) is 21.6 Å². The minimum Gasteiger partial charge on any atom is -0.491 e. The molecule has 2 aromatic carbocycles. The highest BCUT2D eigenvalue weighted by molar-refractivity contribution is 7.92. The van der Waals surface area contributed by atoms with Gasteiger partial charge < -0.3 is 9.84 Å². The van der Waals surface area contributed by atoms with Crippen LogP contribution in [0.5, 0.6) is 5.75 Å². The van der Waals surface area contributed by atoms with E-state index in [1.165, 1.54) is 43.3 Å². The largest absolute Gasteiger partial charge is 0.491 e. The second-order valence-corrected chi connectivity index (χ2v) is 8.13. The monoisotopic (exact) mass is 408 g/mol. The summed E-state index contributed by atoms with van der Waals surface area (Å²) in [6.45, 7) is 4.31. The molecule has 10 heteroatoms. The molecule has 0 aliphatic heterocycles. The standard InChI is InChI=1S/C18H20N2O7S/c1-12(2)27-15-7-5-14(6-8-15)19(11-18(21)22)28(25,26)16-9-4-13(3)17(10-16)20(23)24/h4-10,12H,11H2,1-3H3,(H,21,22). The Morgan fingerprint density at radius 1 is 1.21 bits per heavy atom. The number of aliphatic carboxylic acids is 1. The van der Waals surface area contributed by atoms with Gasteiger partial charge in [-0.3, -0.25) is 19.2 Å². The number of hydrogen-bond acceptors (Lipinski definition) is 6. The van der Waals surface area contributed by atoms with Gasteiger partial charge in [0, 0.05) is 11.6 Å². The maximum atomic E-state index is 13.0. The van der Waals surface area contributed by atoms with Crippen LogP contribution in [0.1, 0.15) is 19.4 Å². The molecule has 2 rings (SSSR count). The summed E-state index contributed by atoms with van der Waals surface area (Å²) in [4.78, 5) is 21.3. The number of nitro groups is 1. The molecule has 0 saturated heterocycles. The van der Waals surface area contributed by atoms with Crippen molar-refractivity contribution in [2.45, 2.75) is 31.8 Å². The lowest BCUT2D eigenvalue weighted by Gasteiger charge is -2.23. The van der Waals surface area contributed by atoms with Gasteiger partial charge in [-0.25, -0.2) is 8.42 Å². The van der Waals surface area contributed by atoms with Crippen LogP contribution in [0.3, 0.4) is 0 Å². The van der Waals surface area contributed by atoms with E-state index in [0.717, 1.165) is 6.07 Å². The van der Waals surface area contributed by atoms with Gasteiger partial charge in [0.1, 0.15) is 12.3 Å². The normalized spacial score (nSPS) is 11.3. The summed E-state index contributed by atoms with van der Waals surface area (Å²) in [6.07, 6.45) is -0.0854. The number of nitrogens with zero attached hydrogens (tertiary/aromatic N) is 2. The number of rotatable bonds is 8. The van der Waals surface area contributed by atoms with Crippen LogP contribution >= 0.6 is 0 Å². The number of hydrogen-bond donors (Lipinski definition) is 1. The van der Waals surface area contributed by atoms with E-state index in [1.807, 2.05) is 13.8 Å². The first-order valence-electron chi connectivity index (χ1n) is 8.28. The molecule has 0 amide bonds. The van der Waals surface area contributed by atoms with E-state index in [0.29, 0.717) is 15.6 Å². The lowest BCUT2D eigenvalue weighted by molar-refractivity contribution is -0.385. The van der Waals surface area contributed by atoms with Crippen LogP contribution in [0.4, 0.5) is 11.4 Å². The Hall–Kier alpha value is -3.14. The topological polar surface area (TPSA) is 127 Å². The minimum atomic E-state index is -4.35. The quantitative estimate of drug-likeness (QED) is 0.525. The number of benzene rings is 2. The van der Waals surface area contributed by atoms with Gasteiger partial charge in [-0.15, -0.1) is 0 Å². The molecule has 0 radical (unpaired) electrons. The van der Waals surface area contributed by atoms with Crippen molar-refractivity contribution in [2.75, 3.05) is 10.8 Å². The molecule has 0 aromatic heterocycles. The highest BCUT2D eigenvalue weighted by atomic mass is 32.2. The number of nitro benzene ring substituents is 1. The SMILES string of the molecule is Cc1ccc(S(=O)(=O)N(CC(=O)O)c2ccc(OC(C)C)cc2)cc1[N+](=O)[O-]. The highest BCUT2D eigenvalue weighted by Gasteiger charge is 2.29. The fourth-order valence-corrected chi connectivity index (χ4v) is 3.91. The molecule has 28 heavy (non-hydrogen) atoms. The van der Waals surface area contributed by atoms with E-state index in [1.54, 1.807) is 0 Å². The molecule has 150 valence electrons. The average Bonchev–Trinajstić information content (AvgIpc) is 2.59. The molecule has 0 aliphatic rings. The number of aryl methyl sites for hydroxylation is 1. The number of ether oxygens (including phenoxy) is 1. The van der Waals surface area contributed by atoms with Crippen LogP contribution in [0.25, 0.3) is 0 Å². The van der Waals surface area contributed by atoms with E-state index in [4.69, 9.17) is 4.74 Å². The second-order valence-electron chi connectivity index (χ2n) is 6.27. The Kier molecular flexibility index (Phi) is 6.24. The third-order valence-electron chi connectivity index (χ3n) is 3.74. The molecule has 0 atom stereocenters. The van der Waals surface area contributed by atoms with Gasteiger partial charge in [0.25, 0.3) is 15.7 Å². The van der Waals surface area contributed by atoms with Gasteiger partial charge >= 0.3 is 5.97 Å². The van der Waals surface area contributed by atoms with Crippen molar-refractivity contribution >= 4 is 27.4 Å². The van der Waals surface area contributed by atoms with Crippen molar-refractivity contribution in [3.05, 3.63) is 58.1 Å². The predicted molar refractivity (Wildman–Crippen MR) is 102 cm³/mol. The van der Waals surface area contributed by atoms with Crippen LogP contribution in [-0.2, 0) is 14.8 Å². The molecule has 0 heterocycles. The summed E-state index contributed by atoms with van der Waals surface area (Å²) >= 11 is 0. The van der Waals surface area contributed by atoms with E-state index >= 15 is 0 Å². The van der Waals surface area contributed by atoms with E-state index in [2.05, 4.69) is 0 Å². The van der Waals surface area contributed by atoms with Crippen molar-refractivity contribution in [3.8, 4) is 5.75 Å². The molecule has 1 N–H and O–H groups in total. The molecule has 2 aromatic rings. The zero-order valence-corrected chi connectivity index (χ0v) is 16.3. The van der Waals surface area contributed by atoms with Gasteiger partial charge in [-0.1, -0.05) is 6.07 Å². The van der Waals surface area contributed by atoms with Crippen LogP contribution < -0.4 is 9.04 Å². The first-order chi connectivity index (χ1) is 13.0. The Morgan fingerprint density at radius 2 is 1.82 bits per heavy atom. The lowest BCUT2D eigenvalue weighted by atomic mass is 10.2. The summed E-state index contributed by atoms with van der Waals surface area (Å²) in [7, 11) is -4.35. The maximum Gasteiger partial charge on any atom is 0.324 e. The molecule has 0 fully saturated rings. The molecule has 0 spiro atoms. The molecule has 9 nitrogen and oxygen atoms in total. The number of carboxylic acid groups (broad SMARTS) is 1. The van der Waals surface area contributed by atoms with Crippen molar-refractivity contribution in [3.63, 3.8) is 0 Å². The van der Waals surface area contributed by atoms with Crippen molar-refractivity contribution in [2.24, 2.45) is 0 Å². The number of carboxylic acids is 1. The third-order valence-corrected chi connectivity index (χ3v) is 5.51. The van der Waals surface area contributed by atoms with E-state index in [-0.39, 0.29) is 22.4 Å². The van der Waals surface area contributed by atoms with Crippen LogP contribution in [0.2, 0.25) is 0 Å². The summed E-state index contributed by atoms with van der Waals surface area (Å²) in [6, 6.07) is 9.33. The molecular weight excluding hydrogens is 388 g/mol. The second kappa shape index (κ2) is 8.26. The summed E-state index contributed by atoms with van der Waals surface area (Å²) < 4.78 is 32.2. The number of anilines is 1. The minimum absolute atomic E-state index is 0.0854. The fourth-order valence-electron chi connectivity index (χ4n) is 2.47. The Balaban J connectivity index is 2.51. The Labute approximate surface area is 162 Å². The Bertz CT molecular complexity index is 985. The van der Waals surface area contributed by atoms with Crippen LogP contribution in [-0.4, -0.2) is 37.1 Å². The first-order valence-corrected chi connectivity index (χ1v) is 9.72. The highest BCUT2D eigenvalue weighted by Crippen LogP contribution is 2.29.